The van der Waals surface area contributed by atoms with Crippen LogP contribution in [-0.2, 0) is 0 Å². The Balaban J connectivity index is 1.34. The molecule has 2 amide bonds. The monoisotopic (exact) mass is 294 g/mol. The van der Waals surface area contributed by atoms with Crippen molar-refractivity contribution in [3.05, 3.63) is 0 Å². The summed E-state index contributed by atoms with van der Waals surface area (Å²) in [4.78, 5) is 19.2. The highest BCUT2D eigenvalue weighted by molar-refractivity contribution is 5.74. The van der Waals surface area contributed by atoms with Crippen LogP contribution in [-0.4, -0.2) is 78.1 Å². The van der Waals surface area contributed by atoms with Crippen LogP contribution in [0.1, 0.15) is 39.5 Å². The minimum absolute atomic E-state index is 0.130. The van der Waals surface area contributed by atoms with Gasteiger partial charge in [-0.15, -0.1) is 0 Å². The highest BCUT2D eigenvalue weighted by Gasteiger charge is 2.32. The van der Waals surface area contributed by atoms with Gasteiger partial charge in [0.15, 0.2) is 0 Å². The highest BCUT2D eigenvalue weighted by Crippen LogP contribution is 2.28. The van der Waals surface area contributed by atoms with Gasteiger partial charge in [-0.3, -0.25) is 9.80 Å². The van der Waals surface area contributed by atoms with Crippen LogP contribution in [0.2, 0.25) is 0 Å². The molecule has 1 aliphatic heterocycles. The molecule has 0 aromatic rings. The SMILES string of the molecule is CC(C)N(CCNC(=O)N1CCN(C2CC2)CC1)C1CC1. The molecule has 5 heteroatoms. The Morgan fingerprint density at radius 1 is 1.14 bits per heavy atom. The Bertz CT molecular complexity index is 355. The summed E-state index contributed by atoms with van der Waals surface area (Å²) in [6, 6.07) is 2.30. The van der Waals surface area contributed by atoms with Crippen LogP contribution in [0.5, 0.6) is 0 Å². The summed E-state index contributed by atoms with van der Waals surface area (Å²) in [5.74, 6) is 0. The third kappa shape index (κ3) is 4.10. The lowest BCUT2D eigenvalue weighted by atomic mass is 10.3. The molecule has 0 aromatic carbocycles. The lowest BCUT2D eigenvalue weighted by Gasteiger charge is -2.35. The molecule has 0 aromatic heterocycles. The Kier molecular flexibility index (Phi) is 4.69. The van der Waals surface area contributed by atoms with Crippen LogP contribution >= 0.6 is 0 Å². The fourth-order valence-corrected chi connectivity index (χ4v) is 3.40. The van der Waals surface area contributed by atoms with Crippen LogP contribution in [0.25, 0.3) is 0 Å². The van der Waals surface area contributed by atoms with E-state index in [1.807, 2.05) is 4.90 Å². The van der Waals surface area contributed by atoms with Crippen LogP contribution < -0.4 is 5.32 Å². The number of nitrogens with zero attached hydrogens (tertiary/aromatic N) is 3. The fraction of sp³-hybridized carbons (Fsp3) is 0.938. The predicted molar refractivity (Wildman–Crippen MR) is 84.4 cm³/mol. The Morgan fingerprint density at radius 3 is 2.33 bits per heavy atom. The van der Waals surface area contributed by atoms with Crippen molar-refractivity contribution in [2.24, 2.45) is 0 Å². The Labute approximate surface area is 128 Å². The molecule has 120 valence electrons. The van der Waals surface area contributed by atoms with Crippen LogP contribution in [0.3, 0.4) is 0 Å². The largest absolute Gasteiger partial charge is 0.337 e. The predicted octanol–water partition coefficient (Wildman–Crippen LogP) is 1.35. The maximum absolute atomic E-state index is 12.2. The first-order valence-electron chi connectivity index (χ1n) is 8.67. The average Bonchev–Trinajstić information content (AvgIpc) is 3.36. The number of hydrogen-bond donors (Lipinski definition) is 1. The highest BCUT2D eigenvalue weighted by atomic mass is 16.2. The average molecular weight is 294 g/mol. The number of urea groups is 1. The van der Waals surface area contributed by atoms with Gasteiger partial charge in [0.25, 0.3) is 0 Å². The van der Waals surface area contributed by atoms with E-state index >= 15 is 0 Å². The summed E-state index contributed by atoms with van der Waals surface area (Å²) >= 11 is 0. The minimum atomic E-state index is 0.130. The minimum Gasteiger partial charge on any atom is -0.337 e. The van der Waals surface area contributed by atoms with E-state index in [4.69, 9.17) is 0 Å². The summed E-state index contributed by atoms with van der Waals surface area (Å²) in [7, 11) is 0. The molecule has 3 fully saturated rings. The molecule has 0 atom stereocenters. The molecule has 5 nitrogen and oxygen atoms in total. The third-order valence-electron chi connectivity index (χ3n) is 4.99. The number of carbonyl (C=O) groups excluding carboxylic acids is 1. The molecule has 0 bridgehead atoms. The molecule has 0 radical (unpaired) electrons. The van der Waals surface area contributed by atoms with E-state index in [0.29, 0.717) is 6.04 Å². The van der Waals surface area contributed by atoms with Gasteiger partial charge in [-0.2, -0.15) is 0 Å². The zero-order valence-corrected chi connectivity index (χ0v) is 13.6. The second-order valence-electron chi connectivity index (χ2n) is 7.05. The Morgan fingerprint density at radius 2 is 1.81 bits per heavy atom. The van der Waals surface area contributed by atoms with Gasteiger partial charge in [0.1, 0.15) is 0 Å². The van der Waals surface area contributed by atoms with Gasteiger partial charge < -0.3 is 10.2 Å². The topological polar surface area (TPSA) is 38.8 Å². The van der Waals surface area contributed by atoms with Crippen molar-refractivity contribution in [2.45, 2.75) is 57.7 Å². The molecule has 1 saturated heterocycles. The number of rotatable bonds is 6. The van der Waals surface area contributed by atoms with E-state index in [1.165, 1.54) is 25.7 Å². The van der Waals surface area contributed by atoms with Crippen molar-refractivity contribution < 1.29 is 4.79 Å². The Hall–Kier alpha value is -0.810. The zero-order chi connectivity index (χ0) is 14.8. The zero-order valence-electron chi connectivity index (χ0n) is 13.6. The van der Waals surface area contributed by atoms with Crippen LogP contribution in [0.4, 0.5) is 4.79 Å². The first kappa shape index (κ1) is 15.1. The van der Waals surface area contributed by atoms with E-state index < -0.39 is 0 Å². The first-order valence-corrected chi connectivity index (χ1v) is 8.67. The fourth-order valence-electron chi connectivity index (χ4n) is 3.40. The number of amides is 2. The molecule has 21 heavy (non-hydrogen) atoms. The lowest BCUT2D eigenvalue weighted by molar-refractivity contribution is 0.133. The van der Waals surface area contributed by atoms with Crippen LogP contribution in [0, 0.1) is 0 Å². The summed E-state index contributed by atoms with van der Waals surface area (Å²) in [5.41, 5.74) is 0. The maximum atomic E-state index is 12.2. The lowest BCUT2D eigenvalue weighted by Crippen LogP contribution is -2.53. The van der Waals surface area contributed by atoms with Gasteiger partial charge in [0, 0.05) is 57.4 Å². The summed E-state index contributed by atoms with van der Waals surface area (Å²) in [6.07, 6.45) is 5.38. The summed E-state index contributed by atoms with van der Waals surface area (Å²) < 4.78 is 0. The standard InChI is InChI=1S/C16H30N4O/c1-13(2)20(15-5-6-15)8-7-17-16(21)19-11-9-18(10-12-19)14-3-4-14/h13-15H,3-12H2,1-2H3,(H,17,21). The van der Waals surface area contributed by atoms with Gasteiger partial charge in [0.2, 0.25) is 0 Å². The van der Waals surface area contributed by atoms with Crippen molar-refractivity contribution in [3.63, 3.8) is 0 Å². The van der Waals surface area contributed by atoms with Crippen molar-refractivity contribution in [2.75, 3.05) is 39.3 Å². The number of carbonyl (C=O) groups is 1. The number of nitrogens with one attached hydrogen (secondary N) is 1. The second-order valence-corrected chi connectivity index (χ2v) is 7.05. The van der Waals surface area contributed by atoms with Gasteiger partial charge >= 0.3 is 6.03 Å². The van der Waals surface area contributed by atoms with Gasteiger partial charge in [-0.05, 0) is 39.5 Å². The van der Waals surface area contributed by atoms with E-state index in [1.54, 1.807) is 0 Å². The molecule has 1 heterocycles. The maximum Gasteiger partial charge on any atom is 0.317 e. The summed E-state index contributed by atoms with van der Waals surface area (Å²) in [5, 5.41) is 3.11. The van der Waals surface area contributed by atoms with Gasteiger partial charge in [-0.25, -0.2) is 4.79 Å². The third-order valence-corrected chi connectivity index (χ3v) is 4.99. The molecular weight excluding hydrogens is 264 g/mol. The molecule has 3 aliphatic rings. The van der Waals surface area contributed by atoms with Crippen molar-refractivity contribution >= 4 is 6.03 Å². The van der Waals surface area contributed by atoms with Crippen LogP contribution in [0.15, 0.2) is 0 Å². The van der Waals surface area contributed by atoms with E-state index in [9.17, 15) is 4.79 Å². The molecular formula is C16H30N4O. The first-order chi connectivity index (χ1) is 10.1. The quantitative estimate of drug-likeness (QED) is 0.804. The molecule has 1 N–H and O–H groups in total. The second kappa shape index (κ2) is 6.53. The molecule has 3 rings (SSSR count). The molecule has 0 unspecified atom stereocenters. The van der Waals surface area contributed by atoms with Crippen molar-refractivity contribution in [1.29, 1.82) is 0 Å². The molecule has 2 saturated carbocycles. The van der Waals surface area contributed by atoms with Crippen molar-refractivity contribution in [1.82, 2.24) is 20.0 Å². The van der Waals surface area contributed by atoms with E-state index in [2.05, 4.69) is 29.0 Å². The van der Waals surface area contributed by atoms with Gasteiger partial charge in [-0.1, -0.05) is 0 Å². The van der Waals surface area contributed by atoms with Crippen molar-refractivity contribution in [3.8, 4) is 0 Å². The van der Waals surface area contributed by atoms with E-state index in [-0.39, 0.29) is 6.03 Å². The van der Waals surface area contributed by atoms with Gasteiger partial charge in [0.05, 0.1) is 0 Å². The number of piperazine rings is 1. The van der Waals surface area contributed by atoms with E-state index in [0.717, 1.165) is 51.4 Å². The summed E-state index contributed by atoms with van der Waals surface area (Å²) in [6.45, 7) is 10.1. The molecule has 0 spiro atoms. The number of hydrogen-bond acceptors (Lipinski definition) is 3. The molecule has 2 aliphatic carbocycles. The normalized spacial score (nSPS) is 23.9. The smallest absolute Gasteiger partial charge is 0.317 e.